The lowest BCUT2D eigenvalue weighted by atomic mass is 10.2. The number of nitrogen functional groups attached to an aromatic ring is 1. The van der Waals surface area contributed by atoms with Gasteiger partial charge in [-0.05, 0) is 12.1 Å². The Hall–Kier alpha value is -2.01. The number of anilines is 2. The van der Waals surface area contributed by atoms with Crippen molar-refractivity contribution < 1.29 is 9.32 Å². The van der Waals surface area contributed by atoms with Gasteiger partial charge in [0.05, 0.1) is 16.3 Å². The molecule has 0 fully saturated rings. The van der Waals surface area contributed by atoms with Crippen LogP contribution < -0.4 is 11.1 Å². The van der Waals surface area contributed by atoms with E-state index in [1.165, 1.54) is 12.3 Å². The molecule has 0 spiro atoms. The molecule has 1 aromatic heterocycles. The molecule has 0 radical (unpaired) electrons. The highest BCUT2D eigenvalue weighted by molar-refractivity contribution is 6.36. The summed E-state index contributed by atoms with van der Waals surface area (Å²) >= 11 is 5.90. The van der Waals surface area contributed by atoms with E-state index in [-0.39, 0.29) is 10.9 Å². The number of nitrogens with two attached hydrogens (primary N) is 1. The number of hydrogen-bond acceptors (Lipinski definition) is 4. The summed E-state index contributed by atoms with van der Waals surface area (Å²) in [5, 5.41) is 6.30. The maximum atomic E-state index is 11.8. The van der Waals surface area contributed by atoms with Crippen molar-refractivity contribution in [2.24, 2.45) is 0 Å². The van der Waals surface area contributed by atoms with Gasteiger partial charge in [0.2, 0.25) is 0 Å². The lowest BCUT2D eigenvalue weighted by molar-refractivity contribution is 0.102. The van der Waals surface area contributed by atoms with E-state index in [1.54, 1.807) is 18.2 Å². The predicted molar refractivity (Wildman–Crippen MR) is 60.3 cm³/mol. The molecular weight excluding hydrogens is 230 g/mol. The number of rotatable bonds is 2. The highest BCUT2D eigenvalue weighted by Gasteiger charge is 2.13. The fourth-order valence-electron chi connectivity index (χ4n) is 1.19. The average Bonchev–Trinajstić information content (AvgIpc) is 2.74. The zero-order chi connectivity index (χ0) is 11.5. The van der Waals surface area contributed by atoms with Crippen LogP contribution in [0.15, 0.2) is 35.1 Å². The Morgan fingerprint density at radius 3 is 2.94 bits per heavy atom. The molecule has 1 heterocycles. The van der Waals surface area contributed by atoms with E-state index < -0.39 is 0 Å². The Kier molecular flexibility index (Phi) is 2.78. The third kappa shape index (κ3) is 1.99. The monoisotopic (exact) mass is 237 g/mol. The molecule has 2 aromatic rings. The molecule has 1 aromatic carbocycles. The van der Waals surface area contributed by atoms with Crippen molar-refractivity contribution in [3.63, 3.8) is 0 Å². The molecule has 3 N–H and O–H groups in total. The Morgan fingerprint density at radius 2 is 2.25 bits per heavy atom. The summed E-state index contributed by atoms with van der Waals surface area (Å²) < 4.78 is 4.58. The van der Waals surface area contributed by atoms with Crippen LogP contribution >= 0.6 is 11.6 Å². The van der Waals surface area contributed by atoms with E-state index >= 15 is 0 Å². The fourth-order valence-corrected chi connectivity index (χ4v) is 1.40. The van der Waals surface area contributed by atoms with E-state index in [4.69, 9.17) is 17.3 Å². The molecule has 0 aliphatic rings. The zero-order valence-electron chi connectivity index (χ0n) is 8.11. The number of carbonyl (C=O) groups is 1. The van der Waals surface area contributed by atoms with E-state index in [0.29, 0.717) is 17.1 Å². The normalized spacial score (nSPS) is 10.1. The van der Waals surface area contributed by atoms with Crippen LogP contribution in [-0.2, 0) is 0 Å². The van der Waals surface area contributed by atoms with Gasteiger partial charge in [-0.25, -0.2) is 0 Å². The van der Waals surface area contributed by atoms with Crippen LogP contribution in [-0.4, -0.2) is 11.1 Å². The minimum Gasteiger partial charge on any atom is -0.398 e. The van der Waals surface area contributed by atoms with Crippen molar-refractivity contribution in [2.45, 2.75) is 0 Å². The van der Waals surface area contributed by atoms with Crippen molar-refractivity contribution in [3.8, 4) is 0 Å². The Balaban J connectivity index is 2.24. The Bertz CT molecular complexity index is 511. The van der Waals surface area contributed by atoms with Gasteiger partial charge >= 0.3 is 0 Å². The third-order valence-electron chi connectivity index (χ3n) is 1.95. The molecule has 0 atom stereocenters. The highest BCUT2D eigenvalue weighted by Crippen LogP contribution is 2.23. The first-order valence-electron chi connectivity index (χ1n) is 4.44. The van der Waals surface area contributed by atoms with Crippen molar-refractivity contribution in [3.05, 3.63) is 41.1 Å². The summed E-state index contributed by atoms with van der Waals surface area (Å²) in [5.74, 6) is -0.0605. The predicted octanol–water partition coefficient (Wildman–Crippen LogP) is 2.16. The molecular formula is C10H8ClN3O2. The maximum Gasteiger partial charge on any atom is 0.258 e. The number of benzene rings is 1. The Labute approximate surface area is 96.2 Å². The molecule has 5 nitrogen and oxygen atoms in total. The van der Waals surface area contributed by atoms with Gasteiger partial charge in [0, 0.05) is 6.07 Å². The summed E-state index contributed by atoms with van der Waals surface area (Å²) in [6.45, 7) is 0. The molecule has 6 heteroatoms. The van der Waals surface area contributed by atoms with Crippen molar-refractivity contribution >= 4 is 29.0 Å². The summed E-state index contributed by atoms with van der Waals surface area (Å²) in [7, 11) is 0. The molecule has 0 unspecified atom stereocenters. The van der Waals surface area contributed by atoms with Gasteiger partial charge in [0.15, 0.2) is 5.82 Å². The van der Waals surface area contributed by atoms with Crippen molar-refractivity contribution in [1.29, 1.82) is 0 Å². The molecule has 82 valence electrons. The SMILES string of the molecule is Nc1cccc(C(=O)Nc2ccon2)c1Cl. The molecule has 0 aliphatic carbocycles. The van der Waals surface area contributed by atoms with E-state index in [9.17, 15) is 4.79 Å². The number of hydrogen-bond donors (Lipinski definition) is 2. The average molecular weight is 238 g/mol. The second-order valence-electron chi connectivity index (χ2n) is 3.05. The quantitative estimate of drug-likeness (QED) is 0.785. The smallest absolute Gasteiger partial charge is 0.258 e. The van der Waals surface area contributed by atoms with Crippen LogP contribution in [0.1, 0.15) is 10.4 Å². The van der Waals surface area contributed by atoms with Gasteiger partial charge in [-0.15, -0.1) is 0 Å². The lowest BCUT2D eigenvalue weighted by Crippen LogP contribution is -2.13. The van der Waals surface area contributed by atoms with Crippen molar-refractivity contribution in [2.75, 3.05) is 11.1 Å². The maximum absolute atomic E-state index is 11.8. The summed E-state index contributed by atoms with van der Waals surface area (Å²) in [6.07, 6.45) is 1.36. The van der Waals surface area contributed by atoms with Gasteiger partial charge in [-0.2, -0.15) is 0 Å². The van der Waals surface area contributed by atoms with Crippen LogP contribution in [0.5, 0.6) is 0 Å². The molecule has 1 amide bonds. The third-order valence-corrected chi connectivity index (χ3v) is 2.37. The van der Waals surface area contributed by atoms with Crippen LogP contribution in [0.25, 0.3) is 0 Å². The summed E-state index contributed by atoms with van der Waals surface area (Å²) in [4.78, 5) is 11.8. The largest absolute Gasteiger partial charge is 0.398 e. The first-order valence-corrected chi connectivity index (χ1v) is 4.82. The van der Waals surface area contributed by atoms with Gasteiger partial charge in [-0.3, -0.25) is 4.79 Å². The van der Waals surface area contributed by atoms with Crippen LogP contribution in [0, 0.1) is 0 Å². The number of amides is 1. The highest BCUT2D eigenvalue weighted by atomic mass is 35.5. The fraction of sp³-hybridized carbons (Fsp3) is 0. The molecule has 0 bridgehead atoms. The number of nitrogens with zero attached hydrogens (tertiary/aromatic N) is 1. The molecule has 16 heavy (non-hydrogen) atoms. The molecule has 0 saturated carbocycles. The second kappa shape index (κ2) is 4.24. The molecule has 0 aliphatic heterocycles. The van der Waals surface area contributed by atoms with E-state index in [2.05, 4.69) is 15.0 Å². The van der Waals surface area contributed by atoms with Crippen LogP contribution in [0.3, 0.4) is 0 Å². The van der Waals surface area contributed by atoms with Gasteiger partial charge in [-0.1, -0.05) is 22.8 Å². The Morgan fingerprint density at radius 1 is 1.44 bits per heavy atom. The van der Waals surface area contributed by atoms with Gasteiger partial charge < -0.3 is 15.6 Å². The number of carbonyl (C=O) groups excluding carboxylic acids is 1. The first-order chi connectivity index (χ1) is 7.68. The molecule has 2 rings (SSSR count). The van der Waals surface area contributed by atoms with E-state index in [0.717, 1.165) is 0 Å². The number of aromatic nitrogens is 1. The van der Waals surface area contributed by atoms with Crippen LogP contribution in [0.4, 0.5) is 11.5 Å². The molecule has 0 saturated heterocycles. The number of halogens is 1. The van der Waals surface area contributed by atoms with E-state index in [1.807, 2.05) is 0 Å². The van der Waals surface area contributed by atoms with Crippen LogP contribution in [0.2, 0.25) is 5.02 Å². The second-order valence-corrected chi connectivity index (χ2v) is 3.43. The lowest BCUT2D eigenvalue weighted by Gasteiger charge is -2.05. The summed E-state index contributed by atoms with van der Waals surface area (Å²) in [6, 6.07) is 6.38. The zero-order valence-corrected chi connectivity index (χ0v) is 8.86. The minimum absolute atomic E-state index is 0.225. The number of nitrogens with one attached hydrogen (secondary N) is 1. The summed E-state index contributed by atoms with van der Waals surface area (Å²) in [5.41, 5.74) is 6.24. The minimum atomic E-state index is -0.383. The van der Waals surface area contributed by atoms with Gasteiger partial charge in [0.1, 0.15) is 6.26 Å². The van der Waals surface area contributed by atoms with Gasteiger partial charge in [0.25, 0.3) is 5.91 Å². The first kappa shape index (κ1) is 10.5. The van der Waals surface area contributed by atoms with Crippen molar-refractivity contribution in [1.82, 2.24) is 5.16 Å². The topological polar surface area (TPSA) is 81.2 Å². The standard InChI is InChI=1S/C10H8ClN3O2/c11-9-6(2-1-3-7(9)12)10(15)13-8-4-5-16-14-8/h1-5H,12H2,(H,13,14,15).